The maximum Gasteiger partial charge on any atom is 0.248 e. The highest BCUT2D eigenvalue weighted by atomic mass is 16.3. The molecule has 0 fully saturated rings. The number of nitrogen functional groups attached to an aromatic ring is 1. The molecule has 0 bridgehead atoms. The van der Waals surface area contributed by atoms with Gasteiger partial charge in [0.15, 0.2) is 23.6 Å². The number of pyridine rings is 2. The molecule has 0 atom stereocenters. The number of primary amides is 1. The van der Waals surface area contributed by atoms with Crippen LogP contribution in [0.3, 0.4) is 0 Å². The van der Waals surface area contributed by atoms with E-state index in [1.807, 2.05) is 24.3 Å². The van der Waals surface area contributed by atoms with E-state index in [1.165, 1.54) is 35.7 Å². The van der Waals surface area contributed by atoms with E-state index in [9.17, 15) is 9.59 Å². The van der Waals surface area contributed by atoms with Crippen LogP contribution in [0.15, 0.2) is 79.3 Å². The van der Waals surface area contributed by atoms with Crippen LogP contribution in [0.4, 0.5) is 5.82 Å². The molecule has 4 heterocycles. The lowest BCUT2D eigenvalue weighted by atomic mass is 10.1. The maximum atomic E-state index is 10.6. The molecule has 0 aliphatic heterocycles. The van der Waals surface area contributed by atoms with Crippen molar-refractivity contribution in [2.24, 2.45) is 5.73 Å². The molecule has 1 aliphatic rings. The van der Waals surface area contributed by atoms with Crippen LogP contribution >= 0.6 is 0 Å². The number of phenols is 1. The van der Waals surface area contributed by atoms with Gasteiger partial charge in [0.2, 0.25) is 5.91 Å². The van der Waals surface area contributed by atoms with Crippen LogP contribution in [-0.4, -0.2) is 51.8 Å². The summed E-state index contributed by atoms with van der Waals surface area (Å²) < 4.78 is 3.69. The molecule has 2 aromatic carbocycles. The van der Waals surface area contributed by atoms with Crippen molar-refractivity contribution in [1.82, 2.24) is 34.5 Å². The summed E-state index contributed by atoms with van der Waals surface area (Å²) in [5.74, 6) is 1.05. The van der Waals surface area contributed by atoms with E-state index in [0.29, 0.717) is 17.9 Å². The van der Waals surface area contributed by atoms with Crippen molar-refractivity contribution >= 4 is 29.2 Å². The summed E-state index contributed by atoms with van der Waals surface area (Å²) in [6.45, 7) is 0. The fourth-order valence-corrected chi connectivity index (χ4v) is 4.94. The number of aromatic hydroxyl groups is 1. The molecule has 12 nitrogen and oxygen atoms in total. The fourth-order valence-electron chi connectivity index (χ4n) is 4.94. The fraction of sp³-hybridized carbons (Fsp3) is 0.100. The van der Waals surface area contributed by atoms with E-state index in [4.69, 9.17) is 26.5 Å². The highest BCUT2D eigenvalue weighted by Gasteiger charge is 2.20. The Kier molecular flexibility index (Phi) is 6.85. The van der Waals surface area contributed by atoms with Crippen LogP contribution in [0.25, 0.3) is 34.1 Å². The highest BCUT2D eigenvalue weighted by Crippen LogP contribution is 2.32. The third-order valence-electron chi connectivity index (χ3n) is 7.01. The van der Waals surface area contributed by atoms with Crippen LogP contribution in [0, 0.1) is 0 Å². The first-order valence-electron chi connectivity index (χ1n) is 13.1. The summed E-state index contributed by atoms with van der Waals surface area (Å²) in [5, 5.41) is 17.0. The van der Waals surface area contributed by atoms with Gasteiger partial charge >= 0.3 is 0 Å². The standard InChI is InChI=1S/C22H18N8.C8H7NO3/c23-20-17(5-2-10-24-20)21-26-18-8-9-19(29-12-11-25-28-29)27-22(18)30(21)16-7-6-14-3-1-4-15(14)13-16;9-8(12)5-1-2-7(11)6(3-5)4-10/h2,5-13H,1,3-4H2,(H2,23,24);1-4,11H,(H2,9,12). The number of carbonyl (C=O) groups is 2. The molecule has 0 radical (unpaired) electrons. The molecule has 6 aromatic rings. The molecule has 42 heavy (non-hydrogen) atoms. The molecule has 12 heteroatoms. The minimum atomic E-state index is -0.627. The number of anilines is 1. The van der Waals surface area contributed by atoms with Crippen LogP contribution in [0.2, 0.25) is 0 Å². The van der Waals surface area contributed by atoms with Crippen LogP contribution in [0.1, 0.15) is 38.3 Å². The van der Waals surface area contributed by atoms with Crippen molar-refractivity contribution in [3.63, 3.8) is 0 Å². The summed E-state index contributed by atoms with van der Waals surface area (Å²) >= 11 is 0. The van der Waals surface area contributed by atoms with Crippen molar-refractivity contribution in [1.29, 1.82) is 0 Å². The Morgan fingerprint density at radius 2 is 1.83 bits per heavy atom. The molecular formula is C30H25N9O3. The number of imidazole rings is 1. The zero-order valence-electron chi connectivity index (χ0n) is 22.3. The van der Waals surface area contributed by atoms with Gasteiger partial charge in [0.1, 0.15) is 17.1 Å². The first-order valence-corrected chi connectivity index (χ1v) is 13.1. The summed E-state index contributed by atoms with van der Waals surface area (Å²) in [4.78, 5) is 34.9. The average molecular weight is 560 g/mol. The van der Waals surface area contributed by atoms with Gasteiger partial charge in [-0.15, -0.1) is 5.10 Å². The summed E-state index contributed by atoms with van der Waals surface area (Å²) in [7, 11) is 0. The Balaban J connectivity index is 0.000000223. The van der Waals surface area contributed by atoms with Crippen LogP contribution in [0.5, 0.6) is 5.75 Å². The molecule has 208 valence electrons. The Labute approximate surface area is 239 Å². The van der Waals surface area contributed by atoms with Crippen LogP contribution in [-0.2, 0) is 12.8 Å². The van der Waals surface area contributed by atoms with Crippen molar-refractivity contribution in [2.75, 3.05) is 5.73 Å². The van der Waals surface area contributed by atoms with Gasteiger partial charge in [-0.25, -0.2) is 19.6 Å². The summed E-state index contributed by atoms with van der Waals surface area (Å²) in [6.07, 6.45) is 8.97. The zero-order valence-corrected chi connectivity index (χ0v) is 22.3. The number of nitrogens with zero attached hydrogens (tertiary/aromatic N) is 7. The monoisotopic (exact) mass is 559 g/mol. The normalized spacial score (nSPS) is 12.0. The predicted octanol–water partition coefficient (Wildman–Crippen LogP) is 3.44. The summed E-state index contributed by atoms with van der Waals surface area (Å²) in [5.41, 5.74) is 17.5. The number of hydrogen-bond acceptors (Lipinski definition) is 9. The van der Waals surface area contributed by atoms with Crippen LogP contribution < -0.4 is 11.5 Å². The number of carbonyl (C=O) groups excluding carboxylic acids is 2. The Bertz CT molecular complexity index is 1950. The Morgan fingerprint density at radius 3 is 2.60 bits per heavy atom. The maximum absolute atomic E-state index is 10.6. The first kappa shape index (κ1) is 26.3. The quantitative estimate of drug-likeness (QED) is 0.267. The third-order valence-corrected chi connectivity index (χ3v) is 7.01. The van der Waals surface area contributed by atoms with Gasteiger partial charge in [-0.2, -0.15) is 0 Å². The molecule has 1 aliphatic carbocycles. The topological polar surface area (TPSA) is 181 Å². The molecule has 0 saturated heterocycles. The second kappa shape index (κ2) is 10.9. The first-order chi connectivity index (χ1) is 20.4. The highest BCUT2D eigenvalue weighted by molar-refractivity contribution is 5.95. The molecule has 0 unspecified atom stereocenters. The zero-order chi connectivity index (χ0) is 29.2. The van der Waals surface area contributed by atoms with Gasteiger partial charge in [0.25, 0.3) is 0 Å². The van der Waals surface area contributed by atoms with Gasteiger partial charge in [-0.3, -0.25) is 14.2 Å². The summed E-state index contributed by atoms with van der Waals surface area (Å²) in [6, 6.07) is 18.1. The van der Waals surface area contributed by atoms with E-state index in [2.05, 4.69) is 38.1 Å². The largest absolute Gasteiger partial charge is 0.507 e. The van der Waals surface area contributed by atoms with Crippen molar-refractivity contribution in [3.05, 3.63) is 102 Å². The second-order valence-electron chi connectivity index (χ2n) is 9.63. The number of nitrogens with two attached hydrogens (primary N) is 2. The van der Waals surface area contributed by atoms with Gasteiger partial charge in [-0.05, 0) is 85.0 Å². The number of amides is 1. The lowest BCUT2D eigenvalue weighted by Gasteiger charge is -2.12. The number of rotatable bonds is 5. The Morgan fingerprint density at radius 1 is 0.976 bits per heavy atom. The van der Waals surface area contributed by atoms with Crippen molar-refractivity contribution in [3.8, 4) is 28.6 Å². The number of hydrogen-bond donors (Lipinski definition) is 3. The smallest absolute Gasteiger partial charge is 0.248 e. The predicted molar refractivity (Wildman–Crippen MR) is 155 cm³/mol. The number of aryl methyl sites for hydroxylation is 2. The molecule has 5 N–H and O–H groups in total. The minimum absolute atomic E-state index is 0.0614. The van der Waals surface area contributed by atoms with E-state index in [-0.39, 0.29) is 16.9 Å². The number of phenolic OH excluding ortho intramolecular Hbond substituents is 1. The van der Waals surface area contributed by atoms with E-state index < -0.39 is 5.91 Å². The molecule has 4 aromatic heterocycles. The molecular weight excluding hydrogens is 534 g/mol. The number of aromatic nitrogens is 7. The number of fused-ring (bicyclic) bond motifs is 2. The van der Waals surface area contributed by atoms with E-state index >= 15 is 0 Å². The van der Waals surface area contributed by atoms with Gasteiger partial charge in [-0.1, -0.05) is 11.3 Å². The molecule has 7 rings (SSSR count). The number of benzene rings is 2. The SMILES string of the molecule is NC(=O)c1ccc(O)c(C=O)c1.Nc1ncccc1-c1nc2ccc(-n3ccnn3)nc2n1-c1ccc2c(c1)CCC2. The average Bonchev–Trinajstić information content (AvgIpc) is 3.77. The van der Waals surface area contributed by atoms with Gasteiger partial charge in [0.05, 0.1) is 23.5 Å². The van der Waals surface area contributed by atoms with Crippen molar-refractivity contribution in [2.45, 2.75) is 19.3 Å². The minimum Gasteiger partial charge on any atom is -0.507 e. The number of aldehydes is 1. The van der Waals surface area contributed by atoms with E-state index in [1.54, 1.807) is 23.3 Å². The van der Waals surface area contributed by atoms with Gasteiger partial charge < -0.3 is 16.6 Å². The Hall–Kier alpha value is -5.91. The van der Waals surface area contributed by atoms with Gasteiger partial charge in [0, 0.05) is 17.4 Å². The second-order valence-corrected chi connectivity index (χ2v) is 9.63. The van der Waals surface area contributed by atoms with Crippen molar-refractivity contribution < 1.29 is 14.7 Å². The molecule has 0 saturated carbocycles. The third kappa shape index (κ3) is 4.92. The molecule has 1 amide bonds. The van der Waals surface area contributed by atoms with E-state index in [0.717, 1.165) is 41.1 Å². The molecule has 0 spiro atoms. The lowest BCUT2D eigenvalue weighted by molar-refractivity contribution is 0.1000. The lowest BCUT2D eigenvalue weighted by Crippen LogP contribution is -2.10.